The van der Waals surface area contributed by atoms with E-state index in [1.807, 2.05) is 24.3 Å². The maximum absolute atomic E-state index is 12.3. The summed E-state index contributed by atoms with van der Waals surface area (Å²) in [5, 5.41) is 3.56. The summed E-state index contributed by atoms with van der Waals surface area (Å²) in [7, 11) is 0. The zero-order valence-corrected chi connectivity index (χ0v) is 14.5. The fraction of sp³-hybridized carbons (Fsp3) is 0.294. The predicted octanol–water partition coefficient (Wildman–Crippen LogP) is 1.78. The number of nitrogens with one attached hydrogen (secondary N) is 2. The number of carbonyl (C=O) groups is 1. The minimum atomic E-state index is -0.157. The molecule has 7 nitrogen and oxygen atoms in total. The van der Waals surface area contributed by atoms with Crippen LogP contribution in [0.4, 0.5) is 0 Å². The number of para-hydroxylation sites is 2. The number of amides is 1. The van der Waals surface area contributed by atoms with Crippen molar-refractivity contribution in [2.75, 3.05) is 5.75 Å². The second-order valence-electron chi connectivity index (χ2n) is 6.05. The molecule has 0 fully saturated rings. The second kappa shape index (κ2) is 6.36. The third-order valence-corrected chi connectivity index (χ3v) is 5.33. The van der Waals surface area contributed by atoms with Crippen molar-refractivity contribution < 1.29 is 4.79 Å². The molecule has 1 aliphatic rings. The van der Waals surface area contributed by atoms with Crippen LogP contribution in [0, 0.1) is 6.92 Å². The van der Waals surface area contributed by atoms with Crippen molar-refractivity contribution in [3.63, 3.8) is 0 Å². The molecular weight excluding hydrogens is 338 g/mol. The molecule has 1 aromatic carbocycles. The van der Waals surface area contributed by atoms with Crippen LogP contribution in [0.3, 0.4) is 0 Å². The minimum Gasteiger partial charge on any atom is -0.349 e. The first-order valence-electron chi connectivity index (χ1n) is 8.03. The molecule has 0 radical (unpaired) electrons. The van der Waals surface area contributed by atoms with E-state index in [0.717, 1.165) is 11.0 Å². The zero-order chi connectivity index (χ0) is 17.4. The van der Waals surface area contributed by atoms with Gasteiger partial charge in [-0.1, -0.05) is 23.9 Å². The van der Waals surface area contributed by atoms with Gasteiger partial charge in [0.2, 0.25) is 5.91 Å². The fourth-order valence-electron chi connectivity index (χ4n) is 2.93. The Morgan fingerprint density at radius 1 is 1.44 bits per heavy atom. The SMILES string of the molecule is Cc1cnc2n(c1=O)C(CC(=O)NCc1nc3ccccc3[nH]1)CS2. The van der Waals surface area contributed by atoms with Crippen LogP contribution in [-0.2, 0) is 11.3 Å². The van der Waals surface area contributed by atoms with Gasteiger partial charge in [0.05, 0.1) is 23.6 Å². The number of benzene rings is 1. The Labute approximate surface area is 147 Å². The minimum absolute atomic E-state index is 0.0647. The normalized spacial score (nSPS) is 16.1. The molecule has 128 valence electrons. The summed E-state index contributed by atoms with van der Waals surface area (Å²) in [5.74, 6) is 1.29. The highest BCUT2D eigenvalue weighted by molar-refractivity contribution is 7.99. The predicted molar refractivity (Wildman–Crippen MR) is 95.6 cm³/mol. The Balaban J connectivity index is 1.42. The van der Waals surface area contributed by atoms with Gasteiger partial charge >= 0.3 is 0 Å². The molecule has 3 heterocycles. The van der Waals surface area contributed by atoms with E-state index < -0.39 is 0 Å². The van der Waals surface area contributed by atoms with Crippen LogP contribution in [0.5, 0.6) is 0 Å². The van der Waals surface area contributed by atoms with Crippen molar-refractivity contribution in [2.24, 2.45) is 0 Å². The van der Waals surface area contributed by atoms with Crippen LogP contribution >= 0.6 is 11.8 Å². The molecule has 1 unspecified atom stereocenters. The van der Waals surface area contributed by atoms with Gasteiger partial charge in [0.1, 0.15) is 5.82 Å². The Kier molecular flexibility index (Phi) is 4.04. The fourth-order valence-corrected chi connectivity index (χ4v) is 4.04. The average molecular weight is 355 g/mol. The third-order valence-electron chi connectivity index (χ3n) is 4.21. The van der Waals surface area contributed by atoms with Crippen molar-refractivity contribution in [3.8, 4) is 0 Å². The monoisotopic (exact) mass is 355 g/mol. The van der Waals surface area contributed by atoms with E-state index in [2.05, 4.69) is 20.3 Å². The summed E-state index contributed by atoms with van der Waals surface area (Å²) < 4.78 is 1.64. The Hall–Kier alpha value is -2.61. The van der Waals surface area contributed by atoms with Gasteiger partial charge in [-0.3, -0.25) is 14.2 Å². The molecule has 0 aliphatic carbocycles. The van der Waals surface area contributed by atoms with Gasteiger partial charge in [-0.05, 0) is 19.1 Å². The molecule has 0 saturated heterocycles. The van der Waals surface area contributed by atoms with Crippen LogP contribution in [0.2, 0.25) is 0 Å². The standard InChI is InChI=1S/C17H17N5O2S/c1-10-7-19-17-22(16(10)24)11(9-25-17)6-15(23)18-8-14-20-12-4-2-3-5-13(12)21-14/h2-5,7,11H,6,8-9H2,1H3,(H,18,23)(H,20,21). The summed E-state index contributed by atoms with van der Waals surface area (Å²) in [6.45, 7) is 2.07. The van der Waals surface area contributed by atoms with E-state index in [1.54, 1.807) is 17.7 Å². The molecule has 25 heavy (non-hydrogen) atoms. The number of imidazole rings is 1. The summed E-state index contributed by atoms with van der Waals surface area (Å²) in [4.78, 5) is 36.5. The number of hydrogen-bond acceptors (Lipinski definition) is 5. The van der Waals surface area contributed by atoms with Crippen LogP contribution in [0.15, 0.2) is 40.4 Å². The Morgan fingerprint density at radius 2 is 2.28 bits per heavy atom. The first-order valence-corrected chi connectivity index (χ1v) is 9.01. The molecule has 1 amide bonds. The van der Waals surface area contributed by atoms with Crippen LogP contribution < -0.4 is 10.9 Å². The van der Waals surface area contributed by atoms with Crippen molar-refractivity contribution in [2.45, 2.75) is 31.1 Å². The quantitative estimate of drug-likeness (QED) is 0.696. The molecule has 4 rings (SSSR count). The first-order chi connectivity index (χ1) is 12.1. The average Bonchev–Trinajstić information content (AvgIpc) is 3.20. The maximum Gasteiger partial charge on any atom is 0.257 e. The molecule has 1 atom stereocenters. The number of hydrogen-bond donors (Lipinski definition) is 2. The molecule has 3 aromatic rings. The van der Waals surface area contributed by atoms with E-state index in [1.165, 1.54) is 11.8 Å². The Morgan fingerprint density at radius 3 is 3.12 bits per heavy atom. The van der Waals surface area contributed by atoms with Crippen molar-refractivity contribution in [1.29, 1.82) is 0 Å². The maximum atomic E-state index is 12.3. The van der Waals surface area contributed by atoms with Gasteiger partial charge in [0.15, 0.2) is 5.16 Å². The Bertz CT molecular complexity index is 977. The largest absolute Gasteiger partial charge is 0.349 e. The number of aryl methyl sites for hydroxylation is 1. The topological polar surface area (TPSA) is 92.7 Å². The molecule has 0 saturated carbocycles. The number of nitrogens with zero attached hydrogens (tertiary/aromatic N) is 3. The lowest BCUT2D eigenvalue weighted by Gasteiger charge is -2.13. The third kappa shape index (κ3) is 3.05. The zero-order valence-electron chi connectivity index (χ0n) is 13.7. The van der Waals surface area contributed by atoms with Crippen molar-refractivity contribution in [3.05, 3.63) is 52.2 Å². The first kappa shape index (κ1) is 15.9. The lowest BCUT2D eigenvalue weighted by Crippen LogP contribution is -2.31. The summed E-state index contributed by atoms with van der Waals surface area (Å²) in [5.41, 5.74) is 2.35. The van der Waals surface area contributed by atoms with E-state index in [-0.39, 0.29) is 23.9 Å². The number of aromatic nitrogens is 4. The summed E-state index contributed by atoms with van der Waals surface area (Å²) in [6.07, 6.45) is 1.84. The van der Waals surface area contributed by atoms with Gasteiger partial charge in [-0.2, -0.15) is 0 Å². The van der Waals surface area contributed by atoms with Gasteiger partial charge in [0, 0.05) is 23.9 Å². The summed E-state index contributed by atoms with van der Waals surface area (Å²) >= 11 is 1.51. The van der Waals surface area contributed by atoms with Crippen LogP contribution in [0.25, 0.3) is 11.0 Å². The van der Waals surface area contributed by atoms with Crippen molar-refractivity contribution >= 4 is 28.7 Å². The molecule has 1 aliphatic heterocycles. The molecule has 0 spiro atoms. The molecular formula is C17H17N5O2S. The lowest BCUT2D eigenvalue weighted by molar-refractivity contribution is -0.121. The van der Waals surface area contributed by atoms with Gasteiger partial charge in [-0.15, -0.1) is 0 Å². The number of aromatic amines is 1. The van der Waals surface area contributed by atoms with Crippen molar-refractivity contribution in [1.82, 2.24) is 24.8 Å². The number of fused-ring (bicyclic) bond motifs is 2. The highest BCUT2D eigenvalue weighted by atomic mass is 32.2. The highest BCUT2D eigenvalue weighted by Gasteiger charge is 2.27. The van der Waals surface area contributed by atoms with E-state index in [4.69, 9.17) is 0 Å². The molecule has 2 N–H and O–H groups in total. The number of rotatable bonds is 4. The second-order valence-corrected chi connectivity index (χ2v) is 7.03. The highest BCUT2D eigenvalue weighted by Crippen LogP contribution is 2.31. The number of H-pyrrole nitrogens is 1. The van der Waals surface area contributed by atoms with Gasteiger partial charge in [-0.25, -0.2) is 9.97 Å². The van der Waals surface area contributed by atoms with Crippen LogP contribution in [0.1, 0.15) is 23.9 Å². The van der Waals surface area contributed by atoms with Crippen LogP contribution in [-0.4, -0.2) is 31.2 Å². The number of carbonyl (C=O) groups excluding carboxylic acids is 1. The molecule has 8 heteroatoms. The molecule has 2 aromatic heterocycles. The van der Waals surface area contributed by atoms with Gasteiger partial charge < -0.3 is 10.3 Å². The number of thioether (sulfide) groups is 1. The summed E-state index contributed by atoms with van der Waals surface area (Å²) in [6, 6.07) is 7.57. The van der Waals surface area contributed by atoms with Gasteiger partial charge in [0.25, 0.3) is 5.56 Å². The van der Waals surface area contributed by atoms with E-state index in [0.29, 0.717) is 28.8 Å². The smallest absolute Gasteiger partial charge is 0.257 e. The lowest BCUT2D eigenvalue weighted by atomic mass is 10.2. The van der Waals surface area contributed by atoms with E-state index in [9.17, 15) is 9.59 Å². The molecule has 0 bridgehead atoms. The van der Waals surface area contributed by atoms with E-state index >= 15 is 0 Å².